The summed E-state index contributed by atoms with van der Waals surface area (Å²) in [4.78, 5) is 0.0203. The lowest BCUT2D eigenvalue weighted by molar-refractivity contribution is 0.578. The molecule has 0 aromatic heterocycles. The van der Waals surface area contributed by atoms with Gasteiger partial charge in [-0.2, -0.15) is 11.8 Å². The first-order valence-electron chi connectivity index (χ1n) is 6.07. The molecule has 1 atom stereocenters. The van der Waals surface area contributed by atoms with E-state index >= 15 is 0 Å². The van der Waals surface area contributed by atoms with Crippen LogP contribution in [0.1, 0.15) is 18.4 Å². The van der Waals surface area contributed by atoms with Gasteiger partial charge in [-0.05, 0) is 43.2 Å². The van der Waals surface area contributed by atoms with E-state index in [2.05, 4.69) is 4.72 Å². The maximum Gasteiger partial charge on any atom is 0.240 e. The van der Waals surface area contributed by atoms with Crippen molar-refractivity contribution in [3.8, 4) is 0 Å². The highest BCUT2D eigenvalue weighted by Crippen LogP contribution is 2.26. The van der Waals surface area contributed by atoms with Gasteiger partial charge >= 0.3 is 0 Å². The molecule has 1 unspecified atom stereocenters. The molecule has 106 valence electrons. The minimum absolute atomic E-state index is 0.0203. The van der Waals surface area contributed by atoms with E-state index < -0.39 is 15.8 Å². The van der Waals surface area contributed by atoms with Crippen molar-refractivity contribution in [2.45, 2.75) is 29.9 Å². The summed E-state index contributed by atoms with van der Waals surface area (Å²) in [5.74, 6) is 0.514. The quantitative estimate of drug-likeness (QED) is 0.833. The fourth-order valence-electron chi connectivity index (χ4n) is 2.01. The van der Waals surface area contributed by atoms with Crippen LogP contribution in [0.3, 0.4) is 0 Å². The highest BCUT2D eigenvalue weighted by Gasteiger charge is 2.21. The molecular formula is C12H17FN2O2S2. The smallest absolute Gasteiger partial charge is 0.240 e. The van der Waals surface area contributed by atoms with E-state index in [1.165, 1.54) is 13.0 Å². The van der Waals surface area contributed by atoms with Gasteiger partial charge in [0.25, 0.3) is 0 Å². The maximum atomic E-state index is 13.4. The summed E-state index contributed by atoms with van der Waals surface area (Å²) in [7, 11) is -3.62. The molecule has 1 fully saturated rings. The summed E-state index contributed by atoms with van der Waals surface area (Å²) in [6.07, 6.45) is 2.15. The number of rotatable bonds is 4. The van der Waals surface area contributed by atoms with Gasteiger partial charge in [0.1, 0.15) is 5.82 Å². The van der Waals surface area contributed by atoms with Crippen molar-refractivity contribution in [3.63, 3.8) is 0 Å². The van der Waals surface area contributed by atoms with E-state index in [0.717, 1.165) is 24.7 Å². The molecule has 1 saturated heterocycles. The molecule has 0 spiro atoms. The Hall–Kier alpha value is -0.790. The molecule has 4 nitrogen and oxygen atoms in total. The van der Waals surface area contributed by atoms with Crippen LogP contribution in [0, 0.1) is 12.7 Å². The number of nitrogen functional groups attached to an aromatic ring is 1. The Morgan fingerprint density at radius 3 is 2.84 bits per heavy atom. The van der Waals surface area contributed by atoms with Crippen molar-refractivity contribution in [2.75, 3.05) is 18.0 Å². The van der Waals surface area contributed by atoms with E-state index in [9.17, 15) is 12.8 Å². The molecule has 0 aliphatic carbocycles. The van der Waals surface area contributed by atoms with Crippen LogP contribution in [0.2, 0.25) is 0 Å². The SMILES string of the molecule is Cc1cc(S(=O)(=O)NCC2CCCS2)cc(N)c1F. The summed E-state index contributed by atoms with van der Waals surface area (Å²) in [5.41, 5.74) is 5.55. The molecule has 1 aliphatic heterocycles. The fraction of sp³-hybridized carbons (Fsp3) is 0.500. The van der Waals surface area contributed by atoms with E-state index in [0.29, 0.717) is 11.8 Å². The number of nitrogens with one attached hydrogen (secondary N) is 1. The van der Waals surface area contributed by atoms with Crippen LogP contribution in [0.4, 0.5) is 10.1 Å². The van der Waals surface area contributed by atoms with Crippen molar-refractivity contribution in [2.24, 2.45) is 0 Å². The fourth-order valence-corrected chi connectivity index (χ4v) is 4.52. The highest BCUT2D eigenvalue weighted by atomic mass is 32.2. The summed E-state index contributed by atoms with van der Waals surface area (Å²) in [6.45, 7) is 1.90. The molecule has 0 amide bonds. The van der Waals surface area contributed by atoms with Gasteiger partial charge in [0.15, 0.2) is 0 Å². The third-order valence-electron chi connectivity index (χ3n) is 3.09. The van der Waals surface area contributed by atoms with E-state index in [1.54, 1.807) is 11.8 Å². The Labute approximate surface area is 117 Å². The van der Waals surface area contributed by atoms with Crippen molar-refractivity contribution in [1.82, 2.24) is 4.72 Å². The van der Waals surface area contributed by atoms with Gasteiger partial charge in [-0.15, -0.1) is 0 Å². The van der Waals surface area contributed by atoms with Crippen LogP contribution in [0.25, 0.3) is 0 Å². The molecule has 19 heavy (non-hydrogen) atoms. The Balaban J connectivity index is 2.14. The first kappa shape index (κ1) is 14.6. The standard InChI is InChI=1S/C12H17FN2O2S2/c1-8-5-10(6-11(14)12(8)13)19(16,17)15-7-9-3-2-4-18-9/h5-6,9,15H,2-4,7,14H2,1H3. The average Bonchev–Trinajstić information content (AvgIpc) is 2.86. The lowest BCUT2D eigenvalue weighted by Gasteiger charge is -2.12. The average molecular weight is 304 g/mol. The number of benzene rings is 1. The van der Waals surface area contributed by atoms with Crippen LogP contribution < -0.4 is 10.5 Å². The van der Waals surface area contributed by atoms with Crippen molar-refractivity contribution >= 4 is 27.5 Å². The number of hydrogen-bond acceptors (Lipinski definition) is 4. The van der Waals surface area contributed by atoms with Crippen molar-refractivity contribution in [1.29, 1.82) is 0 Å². The van der Waals surface area contributed by atoms with Crippen molar-refractivity contribution < 1.29 is 12.8 Å². The van der Waals surface area contributed by atoms with Gasteiger partial charge in [0.05, 0.1) is 10.6 Å². The molecule has 0 saturated carbocycles. The van der Waals surface area contributed by atoms with E-state index in [-0.39, 0.29) is 16.1 Å². The predicted molar refractivity (Wildman–Crippen MR) is 76.2 cm³/mol. The van der Waals surface area contributed by atoms with Crippen LogP contribution in [-0.2, 0) is 10.0 Å². The Kier molecular flexibility index (Phi) is 4.37. The van der Waals surface area contributed by atoms with Crippen LogP contribution in [0.15, 0.2) is 17.0 Å². The van der Waals surface area contributed by atoms with Gasteiger partial charge in [-0.3, -0.25) is 0 Å². The van der Waals surface area contributed by atoms with Gasteiger partial charge in [-0.1, -0.05) is 0 Å². The molecule has 1 heterocycles. The van der Waals surface area contributed by atoms with Gasteiger partial charge in [0.2, 0.25) is 10.0 Å². The molecule has 0 radical (unpaired) electrons. The molecule has 1 aromatic carbocycles. The highest BCUT2D eigenvalue weighted by molar-refractivity contribution is 8.00. The van der Waals surface area contributed by atoms with E-state index in [4.69, 9.17) is 5.73 Å². The third kappa shape index (κ3) is 3.40. The molecule has 7 heteroatoms. The van der Waals surface area contributed by atoms with Gasteiger partial charge < -0.3 is 5.73 Å². The Morgan fingerprint density at radius 1 is 1.53 bits per heavy atom. The number of nitrogens with two attached hydrogens (primary N) is 1. The number of anilines is 1. The second-order valence-electron chi connectivity index (χ2n) is 4.63. The Morgan fingerprint density at radius 2 is 2.26 bits per heavy atom. The zero-order chi connectivity index (χ0) is 14.0. The van der Waals surface area contributed by atoms with Gasteiger partial charge in [0, 0.05) is 11.8 Å². The van der Waals surface area contributed by atoms with Crippen LogP contribution >= 0.6 is 11.8 Å². The zero-order valence-electron chi connectivity index (χ0n) is 10.6. The normalized spacial score (nSPS) is 19.8. The van der Waals surface area contributed by atoms with Crippen LogP contribution in [-0.4, -0.2) is 26.0 Å². The second-order valence-corrected chi connectivity index (χ2v) is 7.81. The first-order chi connectivity index (χ1) is 8.90. The zero-order valence-corrected chi connectivity index (χ0v) is 12.3. The summed E-state index contributed by atoms with van der Waals surface area (Å²) in [6, 6.07) is 2.46. The van der Waals surface area contributed by atoms with Crippen molar-refractivity contribution in [3.05, 3.63) is 23.5 Å². The molecular weight excluding hydrogens is 287 g/mol. The largest absolute Gasteiger partial charge is 0.396 e. The molecule has 2 rings (SSSR count). The molecule has 0 bridgehead atoms. The lowest BCUT2D eigenvalue weighted by atomic mass is 10.2. The number of aryl methyl sites for hydroxylation is 1. The maximum absolute atomic E-state index is 13.4. The third-order valence-corrected chi connectivity index (χ3v) is 5.89. The summed E-state index contributed by atoms with van der Waals surface area (Å²) < 4.78 is 40.2. The molecule has 1 aliphatic rings. The number of sulfonamides is 1. The number of hydrogen-bond donors (Lipinski definition) is 2. The van der Waals surface area contributed by atoms with Gasteiger partial charge in [-0.25, -0.2) is 17.5 Å². The van der Waals surface area contributed by atoms with E-state index in [1.807, 2.05) is 0 Å². The molecule has 1 aromatic rings. The minimum atomic E-state index is -3.62. The van der Waals surface area contributed by atoms with Crippen LogP contribution in [0.5, 0.6) is 0 Å². The topological polar surface area (TPSA) is 72.2 Å². The number of thioether (sulfide) groups is 1. The minimum Gasteiger partial charge on any atom is -0.396 e. The predicted octanol–water partition coefficient (Wildman–Crippen LogP) is 1.89. The number of halogens is 1. The summed E-state index contributed by atoms with van der Waals surface area (Å²) >= 11 is 1.78. The monoisotopic (exact) mass is 304 g/mol. The first-order valence-corrected chi connectivity index (χ1v) is 8.60. The Bertz CT molecular complexity index is 546. The second kappa shape index (κ2) is 5.68. The molecule has 3 N–H and O–H groups in total. The summed E-state index contributed by atoms with van der Waals surface area (Å²) in [5, 5.41) is 0.327. The lowest BCUT2D eigenvalue weighted by Crippen LogP contribution is -2.30.